The zero-order valence-electron chi connectivity index (χ0n) is 21.3. The number of sulfonamides is 1. The van der Waals surface area contributed by atoms with Gasteiger partial charge in [-0.05, 0) is 54.2 Å². The Labute approximate surface area is 249 Å². The predicted molar refractivity (Wildman–Crippen MR) is 147 cm³/mol. The van der Waals surface area contributed by atoms with Gasteiger partial charge in [0.2, 0.25) is 5.09 Å². The number of halogens is 4. The second-order valence-corrected chi connectivity index (χ2v) is 13.1. The Kier molecular flexibility index (Phi) is 9.29. The molecule has 1 aliphatic carbocycles. The predicted octanol–water partition coefficient (Wildman–Crippen LogP) is 5.96. The number of carbonyl (C=O) groups is 1. The molecule has 0 radical (unpaired) electrons. The highest BCUT2D eigenvalue weighted by molar-refractivity contribution is 8.02. The second-order valence-electron chi connectivity index (χ2n) is 9.32. The van der Waals surface area contributed by atoms with Crippen LogP contribution in [-0.4, -0.2) is 54.6 Å². The van der Waals surface area contributed by atoms with Crippen molar-refractivity contribution in [1.29, 1.82) is 0 Å². The smallest absolute Gasteiger partial charge is 0.387 e. The number of hydrogen-bond donors (Lipinski definition) is 0. The van der Waals surface area contributed by atoms with Crippen LogP contribution < -0.4 is 9.47 Å². The number of benzene rings is 1. The molecule has 15 heteroatoms. The van der Waals surface area contributed by atoms with Crippen molar-refractivity contribution in [2.45, 2.75) is 42.4 Å². The fourth-order valence-corrected chi connectivity index (χ4v) is 7.65. The van der Waals surface area contributed by atoms with Crippen molar-refractivity contribution in [2.24, 2.45) is 5.92 Å². The van der Waals surface area contributed by atoms with Gasteiger partial charge in [0.25, 0.3) is 10.0 Å². The maximum absolute atomic E-state index is 13.5. The Morgan fingerprint density at radius 2 is 1.93 bits per heavy atom. The molecule has 2 fully saturated rings. The number of ether oxygens (including phenoxy) is 3. The van der Waals surface area contributed by atoms with Crippen molar-refractivity contribution in [3.8, 4) is 11.5 Å². The third-order valence-electron chi connectivity index (χ3n) is 6.44. The Hall–Kier alpha value is -2.58. The third kappa shape index (κ3) is 7.08. The SMILES string of the molecule is O=C(OC(Cc1c(Cl)cncc1Cl)c1ccc(OC(F)F)c(OCC2CC2)c1)C1SCCN1S(=O)(=O)c1ccco1. The van der Waals surface area contributed by atoms with E-state index in [1.807, 2.05) is 0 Å². The zero-order chi connectivity index (χ0) is 29.1. The highest BCUT2D eigenvalue weighted by Crippen LogP contribution is 2.39. The Morgan fingerprint density at radius 3 is 2.59 bits per heavy atom. The molecule has 2 atom stereocenters. The largest absolute Gasteiger partial charge is 0.489 e. The van der Waals surface area contributed by atoms with E-state index in [-0.39, 0.29) is 39.6 Å². The van der Waals surface area contributed by atoms with E-state index < -0.39 is 34.1 Å². The van der Waals surface area contributed by atoms with E-state index in [4.69, 9.17) is 37.1 Å². The van der Waals surface area contributed by atoms with Crippen LogP contribution in [0, 0.1) is 5.92 Å². The van der Waals surface area contributed by atoms with Crippen molar-refractivity contribution in [3.05, 3.63) is 70.2 Å². The molecular weight excluding hydrogens is 625 g/mol. The van der Waals surface area contributed by atoms with Gasteiger partial charge in [0, 0.05) is 31.1 Å². The van der Waals surface area contributed by atoms with Gasteiger partial charge in [0.1, 0.15) is 6.10 Å². The van der Waals surface area contributed by atoms with Gasteiger partial charge in [-0.3, -0.25) is 4.98 Å². The Bertz CT molecular complexity index is 1470. The van der Waals surface area contributed by atoms with Gasteiger partial charge in [-0.25, -0.2) is 13.2 Å². The molecule has 0 spiro atoms. The summed E-state index contributed by atoms with van der Waals surface area (Å²) < 4.78 is 74.9. The lowest BCUT2D eigenvalue weighted by Crippen LogP contribution is -2.40. The van der Waals surface area contributed by atoms with Crippen molar-refractivity contribution in [3.63, 3.8) is 0 Å². The molecule has 1 saturated heterocycles. The van der Waals surface area contributed by atoms with E-state index >= 15 is 0 Å². The van der Waals surface area contributed by atoms with Crippen molar-refractivity contribution in [1.82, 2.24) is 9.29 Å². The lowest BCUT2D eigenvalue weighted by molar-refractivity contribution is -0.150. The van der Waals surface area contributed by atoms with Crippen LogP contribution in [0.25, 0.3) is 0 Å². The molecule has 3 heterocycles. The standard InChI is InChI=1S/C26H24Cl2F2N2O7S2/c27-18-12-31-13-19(28)17(18)11-21(16-5-6-20(39-26(29)30)22(10-16)37-14-15-3-4-15)38-25(33)24-32(7-9-40-24)41(34,35)23-2-1-8-36-23/h1-2,5-6,8,10,12-13,15,21,24,26H,3-4,7,9,11,14H2. The third-order valence-corrected chi connectivity index (χ3v) is 10.2. The maximum Gasteiger partial charge on any atom is 0.387 e. The first kappa shape index (κ1) is 29.9. The summed E-state index contributed by atoms with van der Waals surface area (Å²) >= 11 is 13.8. The molecule has 0 amide bonds. The summed E-state index contributed by atoms with van der Waals surface area (Å²) in [6.07, 6.45) is 4.86. The first-order valence-electron chi connectivity index (χ1n) is 12.5. The number of esters is 1. The number of pyridine rings is 1. The number of carbonyl (C=O) groups excluding carboxylic acids is 1. The summed E-state index contributed by atoms with van der Waals surface area (Å²) in [6, 6.07) is 6.95. The fraction of sp³-hybridized carbons (Fsp3) is 0.385. The average molecular weight is 650 g/mol. The number of alkyl halides is 2. The molecule has 1 saturated carbocycles. The normalized spacial score (nSPS) is 18.4. The minimum absolute atomic E-state index is 0.0225. The molecule has 5 rings (SSSR count). The van der Waals surface area contributed by atoms with E-state index in [0.717, 1.165) is 28.9 Å². The minimum atomic E-state index is -4.11. The Balaban J connectivity index is 1.46. The van der Waals surface area contributed by atoms with Gasteiger partial charge in [0.15, 0.2) is 16.9 Å². The molecule has 2 aliphatic rings. The van der Waals surface area contributed by atoms with Gasteiger partial charge in [0.05, 0.1) is 22.9 Å². The molecule has 0 bridgehead atoms. The molecule has 2 unspecified atom stereocenters. The van der Waals surface area contributed by atoms with Crippen LogP contribution in [0.2, 0.25) is 10.0 Å². The molecular formula is C26H24Cl2F2N2O7S2. The van der Waals surface area contributed by atoms with Gasteiger partial charge in [-0.15, -0.1) is 11.8 Å². The van der Waals surface area contributed by atoms with Crippen LogP contribution in [0.1, 0.15) is 30.1 Å². The number of thioether (sulfide) groups is 1. The summed E-state index contributed by atoms with van der Waals surface area (Å²) in [5, 5.41) is -1.04. The van der Waals surface area contributed by atoms with Crippen LogP contribution in [-0.2, 0) is 26.0 Å². The second kappa shape index (κ2) is 12.7. The van der Waals surface area contributed by atoms with Crippen molar-refractivity contribution >= 4 is 51.0 Å². The van der Waals surface area contributed by atoms with Crippen LogP contribution in [0.4, 0.5) is 8.78 Å². The van der Waals surface area contributed by atoms with Gasteiger partial charge in [-0.2, -0.15) is 13.1 Å². The maximum atomic E-state index is 13.5. The first-order valence-corrected chi connectivity index (χ1v) is 15.7. The van der Waals surface area contributed by atoms with E-state index in [1.165, 1.54) is 49.0 Å². The van der Waals surface area contributed by atoms with Crippen LogP contribution in [0.15, 0.2) is 58.5 Å². The van der Waals surface area contributed by atoms with E-state index in [9.17, 15) is 22.0 Å². The zero-order valence-corrected chi connectivity index (χ0v) is 24.4. The number of hydrogen-bond acceptors (Lipinski definition) is 9. The number of aromatic nitrogens is 1. The lowest BCUT2D eigenvalue weighted by Gasteiger charge is -2.25. The summed E-state index contributed by atoms with van der Waals surface area (Å²) in [5.41, 5.74) is 0.798. The van der Waals surface area contributed by atoms with E-state index in [1.54, 1.807) is 0 Å². The molecule has 3 aromatic rings. The van der Waals surface area contributed by atoms with Crippen LogP contribution >= 0.6 is 35.0 Å². The quantitative estimate of drug-likeness (QED) is 0.220. The molecule has 1 aromatic carbocycles. The van der Waals surface area contributed by atoms with Gasteiger partial charge >= 0.3 is 12.6 Å². The summed E-state index contributed by atoms with van der Waals surface area (Å²) in [5.74, 6) is -0.271. The van der Waals surface area contributed by atoms with Crippen LogP contribution in [0.3, 0.4) is 0 Å². The van der Waals surface area contributed by atoms with E-state index in [0.29, 0.717) is 29.4 Å². The fourth-order valence-electron chi connectivity index (χ4n) is 4.18. The molecule has 41 heavy (non-hydrogen) atoms. The number of rotatable bonds is 12. The topological polar surface area (TPSA) is 108 Å². The monoisotopic (exact) mass is 648 g/mol. The molecule has 2 aromatic heterocycles. The molecule has 1 aliphatic heterocycles. The average Bonchev–Trinajstić information content (AvgIpc) is 3.36. The van der Waals surface area contributed by atoms with Crippen LogP contribution in [0.5, 0.6) is 11.5 Å². The molecule has 220 valence electrons. The minimum Gasteiger partial charge on any atom is -0.489 e. The highest BCUT2D eigenvalue weighted by Gasteiger charge is 2.43. The van der Waals surface area contributed by atoms with Gasteiger partial charge < -0.3 is 18.6 Å². The van der Waals surface area contributed by atoms with Gasteiger partial charge in [-0.1, -0.05) is 29.3 Å². The van der Waals surface area contributed by atoms with Crippen molar-refractivity contribution < 1.29 is 40.6 Å². The number of furan rings is 1. The summed E-state index contributed by atoms with van der Waals surface area (Å²) in [6.45, 7) is -2.69. The van der Waals surface area contributed by atoms with Crippen molar-refractivity contribution in [2.75, 3.05) is 18.9 Å². The lowest BCUT2D eigenvalue weighted by atomic mass is 10.0. The van der Waals surface area contributed by atoms with E-state index in [2.05, 4.69) is 9.72 Å². The molecule has 9 nitrogen and oxygen atoms in total. The Morgan fingerprint density at radius 1 is 1.17 bits per heavy atom. The highest BCUT2D eigenvalue weighted by atomic mass is 35.5. The summed E-state index contributed by atoms with van der Waals surface area (Å²) in [4.78, 5) is 17.5. The molecule has 0 N–H and O–H groups in total. The number of nitrogens with zero attached hydrogens (tertiary/aromatic N) is 2. The summed E-state index contributed by atoms with van der Waals surface area (Å²) in [7, 11) is -4.11. The first-order chi connectivity index (χ1) is 19.6.